The van der Waals surface area contributed by atoms with Crippen molar-refractivity contribution in [3.05, 3.63) is 70.3 Å². The summed E-state index contributed by atoms with van der Waals surface area (Å²) in [6.45, 7) is 0. The summed E-state index contributed by atoms with van der Waals surface area (Å²) < 4.78 is 1.42. The number of rotatable bonds is 4. The Balaban J connectivity index is 2.42. The van der Waals surface area contributed by atoms with Gasteiger partial charge in [-0.15, -0.1) is 0 Å². The Morgan fingerprint density at radius 3 is 2.67 bits per heavy atom. The summed E-state index contributed by atoms with van der Waals surface area (Å²) in [6, 6.07) is 9.95. The number of nitrogens with zero attached hydrogens (tertiary/aromatic N) is 3. The van der Waals surface area contributed by atoms with Gasteiger partial charge in [-0.2, -0.15) is 10.4 Å². The molecule has 1 N–H and O–H groups in total. The Bertz CT molecular complexity index is 783. The van der Waals surface area contributed by atoms with E-state index in [2.05, 4.69) is 10.4 Å². The zero-order chi connectivity index (χ0) is 15.2. The summed E-state index contributed by atoms with van der Waals surface area (Å²) in [5, 5.41) is 15.5. The lowest BCUT2D eigenvalue weighted by Gasteiger charge is -2.06. The molecule has 0 radical (unpaired) electrons. The summed E-state index contributed by atoms with van der Waals surface area (Å²) in [7, 11) is 1.65. The lowest BCUT2D eigenvalue weighted by molar-refractivity contribution is 0.103. The molecule has 0 aliphatic carbocycles. The predicted octanol–water partition coefficient (Wildman–Crippen LogP) is 1.02. The van der Waals surface area contributed by atoms with E-state index in [9.17, 15) is 9.59 Å². The monoisotopic (exact) mass is 280 g/mol. The van der Waals surface area contributed by atoms with Gasteiger partial charge in [0, 0.05) is 31.6 Å². The van der Waals surface area contributed by atoms with Crippen LogP contribution in [0.5, 0.6) is 0 Å². The Morgan fingerprint density at radius 2 is 2.05 bits per heavy atom. The minimum atomic E-state index is -0.475. The fourth-order valence-corrected chi connectivity index (χ4v) is 1.65. The van der Waals surface area contributed by atoms with Crippen LogP contribution in [-0.2, 0) is 0 Å². The van der Waals surface area contributed by atoms with Crippen LogP contribution in [0.25, 0.3) is 5.69 Å². The summed E-state index contributed by atoms with van der Waals surface area (Å²) in [5.74, 6) is -0.475. The molecule has 1 aromatic carbocycles. The van der Waals surface area contributed by atoms with Crippen LogP contribution in [-0.4, -0.2) is 22.6 Å². The molecule has 2 rings (SSSR count). The van der Waals surface area contributed by atoms with Crippen molar-refractivity contribution in [2.75, 3.05) is 7.05 Å². The standard InChI is InChI=1S/C15H12N4O2/c1-17-8-6-13(20)15-14(21)7-9-19(18-15)12-4-2-11(10-16)3-5-12/h2-9,17H,1H3/b8-6+. The molecule has 0 saturated heterocycles. The number of carbonyl (C=O) groups excluding carboxylic acids is 1. The van der Waals surface area contributed by atoms with Gasteiger partial charge < -0.3 is 5.32 Å². The van der Waals surface area contributed by atoms with Crippen molar-refractivity contribution in [2.45, 2.75) is 0 Å². The van der Waals surface area contributed by atoms with Gasteiger partial charge in [0.2, 0.25) is 11.2 Å². The lowest BCUT2D eigenvalue weighted by Crippen LogP contribution is -2.19. The molecule has 0 fully saturated rings. The van der Waals surface area contributed by atoms with Crippen LogP contribution < -0.4 is 10.7 Å². The number of nitriles is 1. The van der Waals surface area contributed by atoms with Crippen LogP contribution in [0.4, 0.5) is 0 Å². The smallest absolute Gasteiger partial charge is 0.211 e. The minimum Gasteiger partial charge on any atom is -0.394 e. The quantitative estimate of drug-likeness (QED) is 0.667. The van der Waals surface area contributed by atoms with Crippen LogP contribution in [0.15, 0.2) is 53.6 Å². The van der Waals surface area contributed by atoms with Crippen LogP contribution in [0.3, 0.4) is 0 Å². The zero-order valence-corrected chi connectivity index (χ0v) is 11.3. The number of hydrogen-bond donors (Lipinski definition) is 1. The first kappa shape index (κ1) is 14.2. The first-order chi connectivity index (χ1) is 10.2. The fourth-order valence-electron chi connectivity index (χ4n) is 1.65. The van der Waals surface area contributed by atoms with E-state index in [1.807, 2.05) is 6.07 Å². The molecule has 21 heavy (non-hydrogen) atoms. The molecule has 104 valence electrons. The fraction of sp³-hybridized carbons (Fsp3) is 0.0667. The zero-order valence-electron chi connectivity index (χ0n) is 11.3. The first-order valence-corrected chi connectivity index (χ1v) is 6.14. The number of benzene rings is 1. The van der Waals surface area contributed by atoms with Crippen LogP contribution in [0, 0.1) is 11.3 Å². The molecule has 6 nitrogen and oxygen atoms in total. The van der Waals surface area contributed by atoms with Crippen molar-refractivity contribution < 1.29 is 4.79 Å². The Kier molecular flexibility index (Phi) is 4.26. The van der Waals surface area contributed by atoms with Gasteiger partial charge in [0.05, 0.1) is 17.3 Å². The molecule has 0 bridgehead atoms. The Morgan fingerprint density at radius 1 is 1.33 bits per heavy atom. The first-order valence-electron chi connectivity index (χ1n) is 6.14. The molecule has 2 aromatic rings. The molecule has 0 atom stereocenters. The molecule has 0 spiro atoms. The number of allylic oxidation sites excluding steroid dienone is 1. The molecular formula is C15H12N4O2. The van der Waals surface area contributed by atoms with Gasteiger partial charge >= 0.3 is 0 Å². The maximum absolute atomic E-state index is 11.9. The number of carbonyl (C=O) groups is 1. The summed E-state index contributed by atoms with van der Waals surface area (Å²) >= 11 is 0. The molecule has 1 aromatic heterocycles. The van der Waals surface area contributed by atoms with Crippen LogP contribution in [0.1, 0.15) is 16.1 Å². The number of ketones is 1. The second-order valence-electron chi connectivity index (χ2n) is 4.12. The molecule has 6 heteroatoms. The average molecular weight is 280 g/mol. The van der Waals surface area contributed by atoms with Crippen LogP contribution in [0.2, 0.25) is 0 Å². The van der Waals surface area contributed by atoms with Gasteiger partial charge in [-0.3, -0.25) is 9.59 Å². The van der Waals surface area contributed by atoms with Gasteiger partial charge in [-0.1, -0.05) is 0 Å². The summed E-state index contributed by atoms with van der Waals surface area (Å²) in [5.41, 5.74) is 0.577. The van der Waals surface area contributed by atoms with Crippen molar-refractivity contribution in [1.82, 2.24) is 15.1 Å². The second-order valence-corrected chi connectivity index (χ2v) is 4.12. The average Bonchev–Trinajstić information content (AvgIpc) is 2.53. The third-order valence-electron chi connectivity index (χ3n) is 2.70. The van der Waals surface area contributed by atoms with E-state index in [-0.39, 0.29) is 5.69 Å². The normalized spacial score (nSPS) is 10.3. The highest BCUT2D eigenvalue weighted by atomic mass is 16.1. The number of nitrogens with one attached hydrogen (secondary N) is 1. The van der Waals surface area contributed by atoms with E-state index in [0.717, 1.165) is 0 Å². The van der Waals surface area contributed by atoms with Crippen molar-refractivity contribution >= 4 is 5.78 Å². The van der Waals surface area contributed by atoms with Crippen molar-refractivity contribution in [2.24, 2.45) is 0 Å². The topological polar surface area (TPSA) is 87.8 Å². The molecule has 0 saturated carbocycles. The highest BCUT2D eigenvalue weighted by molar-refractivity contribution is 6.02. The molecule has 0 amide bonds. The van der Waals surface area contributed by atoms with Crippen LogP contribution >= 0.6 is 0 Å². The molecule has 0 aliphatic heterocycles. The SMILES string of the molecule is CN/C=C/C(=O)c1nn(-c2ccc(C#N)cc2)ccc1=O. The maximum Gasteiger partial charge on any atom is 0.211 e. The van der Waals surface area contributed by atoms with E-state index in [1.54, 1.807) is 31.3 Å². The molecular weight excluding hydrogens is 268 g/mol. The minimum absolute atomic E-state index is 0.159. The predicted molar refractivity (Wildman–Crippen MR) is 77.1 cm³/mol. The van der Waals surface area contributed by atoms with Gasteiger partial charge in [0.25, 0.3) is 0 Å². The van der Waals surface area contributed by atoms with Crippen molar-refractivity contribution in [3.63, 3.8) is 0 Å². The van der Waals surface area contributed by atoms with Gasteiger partial charge in [-0.25, -0.2) is 4.68 Å². The van der Waals surface area contributed by atoms with E-state index in [0.29, 0.717) is 11.3 Å². The molecule has 0 aliphatic rings. The lowest BCUT2D eigenvalue weighted by atomic mass is 10.2. The Hall–Kier alpha value is -3.20. The van der Waals surface area contributed by atoms with Crippen molar-refractivity contribution in [3.8, 4) is 11.8 Å². The molecule has 0 unspecified atom stereocenters. The third-order valence-corrected chi connectivity index (χ3v) is 2.70. The van der Waals surface area contributed by atoms with E-state index in [4.69, 9.17) is 5.26 Å². The highest BCUT2D eigenvalue weighted by Crippen LogP contribution is 2.07. The number of hydrogen-bond acceptors (Lipinski definition) is 5. The largest absolute Gasteiger partial charge is 0.394 e. The number of aromatic nitrogens is 2. The summed E-state index contributed by atoms with van der Waals surface area (Å²) in [4.78, 5) is 23.6. The summed E-state index contributed by atoms with van der Waals surface area (Å²) in [6.07, 6.45) is 4.15. The van der Waals surface area contributed by atoms with E-state index in [1.165, 1.54) is 29.2 Å². The second kappa shape index (κ2) is 6.30. The van der Waals surface area contributed by atoms with E-state index >= 15 is 0 Å². The maximum atomic E-state index is 11.9. The van der Waals surface area contributed by atoms with Gasteiger partial charge in [0.1, 0.15) is 0 Å². The van der Waals surface area contributed by atoms with Gasteiger partial charge in [-0.05, 0) is 24.3 Å². The van der Waals surface area contributed by atoms with Gasteiger partial charge in [0.15, 0.2) is 5.69 Å². The van der Waals surface area contributed by atoms with Crippen molar-refractivity contribution in [1.29, 1.82) is 5.26 Å². The Labute approximate surface area is 121 Å². The molecule has 1 heterocycles. The highest BCUT2D eigenvalue weighted by Gasteiger charge is 2.10. The third kappa shape index (κ3) is 3.22. The van der Waals surface area contributed by atoms with E-state index < -0.39 is 11.2 Å².